The summed E-state index contributed by atoms with van der Waals surface area (Å²) >= 11 is 12.5. The number of pyridine rings is 1. The Bertz CT molecular complexity index is 983. The molecule has 0 unspecified atom stereocenters. The van der Waals surface area contributed by atoms with Crippen LogP contribution in [0.15, 0.2) is 24.4 Å². The van der Waals surface area contributed by atoms with Crippen LogP contribution in [0.3, 0.4) is 0 Å². The van der Waals surface area contributed by atoms with E-state index in [2.05, 4.69) is 4.98 Å². The van der Waals surface area contributed by atoms with Crippen LogP contribution >= 0.6 is 23.2 Å². The molecule has 3 aromatic rings. The van der Waals surface area contributed by atoms with Crippen LogP contribution in [0.5, 0.6) is 5.88 Å². The lowest BCUT2D eigenvalue weighted by Crippen LogP contribution is -2.09. The fraction of sp³-hybridized carbons (Fsp3) is 0.350. The van der Waals surface area contributed by atoms with E-state index in [0.717, 1.165) is 22.4 Å². The van der Waals surface area contributed by atoms with Gasteiger partial charge in [0.05, 0.1) is 23.6 Å². The number of aromatic nitrogens is 2. The van der Waals surface area contributed by atoms with Crippen LogP contribution in [-0.2, 0) is 17.8 Å². The summed E-state index contributed by atoms with van der Waals surface area (Å²) in [7, 11) is 0. The first kappa shape index (κ1) is 20.0. The monoisotopic (exact) mass is 407 g/mol. The van der Waals surface area contributed by atoms with E-state index in [0.29, 0.717) is 34.1 Å². The number of halogens is 2. The smallest absolute Gasteiger partial charge is 0.201 e. The van der Waals surface area contributed by atoms with Crippen molar-refractivity contribution in [3.05, 3.63) is 45.7 Å². The van der Waals surface area contributed by atoms with Crippen LogP contribution in [0.4, 0.5) is 0 Å². The van der Waals surface area contributed by atoms with E-state index in [1.54, 1.807) is 16.7 Å². The van der Waals surface area contributed by atoms with E-state index < -0.39 is 0 Å². The summed E-state index contributed by atoms with van der Waals surface area (Å²) in [5.41, 5.74) is 9.91. The molecule has 0 radical (unpaired) electrons. The van der Waals surface area contributed by atoms with Gasteiger partial charge in [-0.05, 0) is 38.5 Å². The number of hydrogen-bond donors (Lipinski definition) is 2. The Morgan fingerprint density at radius 2 is 2.04 bits per heavy atom. The fourth-order valence-corrected chi connectivity index (χ4v) is 3.74. The summed E-state index contributed by atoms with van der Waals surface area (Å²) in [5, 5.41) is 12.6. The summed E-state index contributed by atoms with van der Waals surface area (Å²) in [4.78, 5) is 4.63. The van der Waals surface area contributed by atoms with Crippen LogP contribution in [-0.4, -0.2) is 27.4 Å². The van der Waals surface area contributed by atoms with E-state index in [-0.39, 0.29) is 18.5 Å². The summed E-state index contributed by atoms with van der Waals surface area (Å²) in [6, 6.07) is 5.30. The van der Waals surface area contributed by atoms with E-state index in [4.69, 9.17) is 33.7 Å². The molecule has 0 aliphatic rings. The molecule has 0 amide bonds. The highest BCUT2D eigenvalue weighted by Crippen LogP contribution is 2.42. The molecule has 27 heavy (non-hydrogen) atoms. The number of fused-ring (bicyclic) bond motifs is 1. The SMILES string of the molecule is Cc1nc2cn(CCOC(C)C)c(O)c2c(-c2ccc(Cl)cc2Cl)c1CN. The second kappa shape index (κ2) is 8.07. The van der Waals surface area contributed by atoms with Crippen molar-refractivity contribution in [3.8, 4) is 17.0 Å². The minimum atomic E-state index is 0.126. The maximum absolute atomic E-state index is 10.9. The van der Waals surface area contributed by atoms with Crippen LogP contribution in [0.1, 0.15) is 25.1 Å². The van der Waals surface area contributed by atoms with Crippen molar-refractivity contribution in [2.45, 2.75) is 40.0 Å². The van der Waals surface area contributed by atoms with Crippen LogP contribution in [0, 0.1) is 6.92 Å². The molecule has 0 saturated carbocycles. The Kier molecular flexibility index (Phi) is 5.96. The van der Waals surface area contributed by atoms with Crippen molar-refractivity contribution in [3.63, 3.8) is 0 Å². The molecule has 5 nitrogen and oxygen atoms in total. The molecule has 0 saturated heterocycles. The molecule has 2 aromatic heterocycles. The number of nitrogens with zero attached hydrogens (tertiary/aromatic N) is 2. The first-order valence-electron chi connectivity index (χ1n) is 8.81. The largest absolute Gasteiger partial charge is 0.494 e. The zero-order valence-electron chi connectivity index (χ0n) is 15.6. The molecule has 2 heterocycles. The van der Waals surface area contributed by atoms with Crippen LogP contribution in [0.2, 0.25) is 10.0 Å². The van der Waals surface area contributed by atoms with Crippen molar-refractivity contribution < 1.29 is 9.84 Å². The van der Waals surface area contributed by atoms with Crippen molar-refractivity contribution in [2.24, 2.45) is 5.73 Å². The zero-order chi connectivity index (χ0) is 19.7. The second-order valence-electron chi connectivity index (χ2n) is 6.70. The van der Waals surface area contributed by atoms with E-state index in [1.807, 2.05) is 33.0 Å². The summed E-state index contributed by atoms with van der Waals surface area (Å²) < 4.78 is 7.35. The fourth-order valence-electron chi connectivity index (χ4n) is 3.23. The van der Waals surface area contributed by atoms with Crippen molar-refractivity contribution in [1.29, 1.82) is 0 Å². The molecule has 0 bridgehead atoms. The topological polar surface area (TPSA) is 73.3 Å². The Morgan fingerprint density at radius 3 is 2.67 bits per heavy atom. The Hall–Kier alpha value is -1.79. The molecule has 3 rings (SSSR count). The molecule has 144 valence electrons. The Balaban J connectivity index is 2.22. The van der Waals surface area contributed by atoms with Gasteiger partial charge in [-0.15, -0.1) is 0 Å². The maximum atomic E-state index is 10.9. The number of rotatable bonds is 6. The van der Waals surface area contributed by atoms with E-state index in [1.165, 1.54) is 0 Å². The third-order valence-corrected chi connectivity index (χ3v) is 5.04. The molecule has 0 fully saturated rings. The van der Waals surface area contributed by atoms with Gasteiger partial charge in [0.15, 0.2) is 0 Å². The Morgan fingerprint density at radius 1 is 1.30 bits per heavy atom. The summed E-state index contributed by atoms with van der Waals surface area (Å²) in [5.74, 6) is 0.126. The zero-order valence-corrected chi connectivity index (χ0v) is 17.1. The average Bonchev–Trinajstić information content (AvgIpc) is 2.89. The Labute approximate surface area is 168 Å². The van der Waals surface area contributed by atoms with Gasteiger partial charge < -0.3 is 20.1 Å². The summed E-state index contributed by atoms with van der Waals surface area (Å²) in [6.07, 6.45) is 1.96. The van der Waals surface area contributed by atoms with Crippen molar-refractivity contribution in [1.82, 2.24) is 9.55 Å². The quantitative estimate of drug-likeness (QED) is 0.608. The lowest BCUT2D eigenvalue weighted by molar-refractivity contribution is 0.0717. The number of aryl methyl sites for hydroxylation is 1. The highest BCUT2D eigenvalue weighted by atomic mass is 35.5. The highest BCUT2D eigenvalue weighted by Gasteiger charge is 2.21. The minimum absolute atomic E-state index is 0.126. The van der Waals surface area contributed by atoms with Gasteiger partial charge in [0.25, 0.3) is 0 Å². The average molecular weight is 408 g/mol. The number of aromatic hydroxyl groups is 1. The highest BCUT2D eigenvalue weighted by molar-refractivity contribution is 6.36. The first-order chi connectivity index (χ1) is 12.8. The molecule has 1 aromatic carbocycles. The lowest BCUT2D eigenvalue weighted by Gasteiger charge is -2.14. The van der Waals surface area contributed by atoms with Crippen LogP contribution < -0.4 is 5.73 Å². The normalized spacial score (nSPS) is 11.7. The predicted molar refractivity (Wildman–Crippen MR) is 111 cm³/mol. The van der Waals surface area contributed by atoms with Gasteiger partial charge in [-0.2, -0.15) is 0 Å². The van der Waals surface area contributed by atoms with Gasteiger partial charge in [-0.1, -0.05) is 29.3 Å². The molecule has 0 aliphatic heterocycles. The number of hydrogen-bond acceptors (Lipinski definition) is 4. The van der Waals surface area contributed by atoms with Crippen molar-refractivity contribution >= 4 is 34.1 Å². The molecule has 0 aliphatic carbocycles. The molecule has 7 heteroatoms. The third kappa shape index (κ3) is 3.92. The van der Waals surface area contributed by atoms with Gasteiger partial charge in [-0.3, -0.25) is 4.98 Å². The van der Waals surface area contributed by atoms with Gasteiger partial charge in [-0.25, -0.2) is 0 Å². The lowest BCUT2D eigenvalue weighted by atomic mass is 9.95. The minimum Gasteiger partial charge on any atom is -0.494 e. The second-order valence-corrected chi connectivity index (χ2v) is 7.55. The molecular formula is C20H23Cl2N3O2. The van der Waals surface area contributed by atoms with Gasteiger partial charge in [0, 0.05) is 46.2 Å². The number of benzene rings is 1. The van der Waals surface area contributed by atoms with Gasteiger partial charge in [0.1, 0.15) is 0 Å². The summed E-state index contributed by atoms with van der Waals surface area (Å²) in [6.45, 7) is 7.16. The van der Waals surface area contributed by atoms with E-state index >= 15 is 0 Å². The first-order valence-corrected chi connectivity index (χ1v) is 9.57. The predicted octanol–water partition coefficient (Wildman–Crippen LogP) is 4.91. The van der Waals surface area contributed by atoms with Crippen molar-refractivity contribution in [2.75, 3.05) is 6.61 Å². The molecular weight excluding hydrogens is 385 g/mol. The van der Waals surface area contributed by atoms with E-state index in [9.17, 15) is 5.11 Å². The number of nitrogens with two attached hydrogens (primary N) is 1. The molecule has 0 spiro atoms. The van der Waals surface area contributed by atoms with Gasteiger partial charge >= 0.3 is 0 Å². The molecule has 3 N–H and O–H groups in total. The molecule has 0 atom stereocenters. The van der Waals surface area contributed by atoms with Gasteiger partial charge in [0.2, 0.25) is 5.88 Å². The third-order valence-electron chi connectivity index (χ3n) is 4.49. The maximum Gasteiger partial charge on any atom is 0.201 e. The number of ether oxygens (including phenoxy) is 1. The van der Waals surface area contributed by atoms with Crippen LogP contribution in [0.25, 0.3) is 22.0 Å². The standard InChI is InChI=1S/C20H23Cl2N3O2/c1-11(2)27-7-6-25-10-17-19(20(25)26)18(15(9-23)12(3)24-17)14-5-4-13(21)8-16(14)22/h4-5,8,10-11,26H,6-7,9,23H2,1-3H3.